The van der Waals surface area contributed by atoms with Gasteiger partial charge in [-0.05, 0) is 88.5 Å². The number of nitrogens with zero attached hydrogens (tertiary/aromatic N) is 4. The number of anilines is 1. The second-order valence-corrected chi connectivity index (χ2v) is 11.3. The summed E-state index contributed by atoms with van der Waals surface area (Å²) in [6.07, 6.45) is 9.00. The Hall–Kier alpha value is -2.93. The Labute approximate surface area is 234 Å². The Bertz CT molecular complexity index is 1160. The first-order chi connectivity index (χ1) is 19.0. The summed E-state index contributed by atoms with van der Waals surface area (Å²) in [4.78, 5) is 15.0. The summed E-state index contributed by atoms with van der Waals surface area (Å²) in [7, 11) is 0. The second kappa shape index (κ2) is 12.9. The third kappa shape index (κ3) is 7.38. The molecule has 1 saturated heterocycles. The number of halogens is 1. The molecule has 2 aromatic rings. The first-order valence-electron chi connectivity index (χ1n) is 14.1. The van der Waals surface area contributed by atoms with Crippen molar-refractivity contribution in [1.29, 1.82) is 5.26 Å². The molecular weight excluding hydrogens is 518 g/mol. The van der Waals surface area contributed by atoms with Crippen molar-refractivity contribution in [3.05, 3.63) is 46.6 Å². The van der Waals surface area contributed by atoms with Gasteiger partial charge in [0.2, 0.25) is 0 Å². The highest BCUT2D eigenvalue weighted by molar-refractivity contribution is 6.31. The summed E-state index contributed by atoms with van der Waals surface area (Å²) in [6.45, 7) is 1.67. The van der Waals surface area contributed by atoms with Gasteiger partial charge in [-0.1, -0.05) is 11.6 Å². The molecule has 0 bridgehead atoms. The molecule has 1 aliphatic heterocycles. The van der Waals surface area contributed by atoms with Crippen LogP contribution < -0.4 is 15.0 Å². The minimum Gasteiger partial charge on any atom is -0.490 e. The zero-order valence-corrected chi connectivity index (χ0v) is 22.9. The third-order valence-electron chi connectivity index (χ3n) is 8.01. The van der Waals surface area contributed by atoms with Crippen molar-refractivity contribution in [1.82, 2.24) is 15.5 Å². The van der Waals surface area contributed by atoms with Crippen molar-refractivity contribution < 1.29 is 19.4 Å². The van der Waals surface area contributed by atoms with Gasteiger partial charge in [0.15, 0.2) is 11.5 Å². The van der Waals surface area contributed by atoms with Gasteiger partial charge < -0.3 is 24.8 Å². The van der Waals surface area contributed by atoms with Crippen LogP contribution in [0, 0.1) is 11.3 Å². The minimum atomic E-state index is -0.223. The molecule has 2 aliphatic carbocycles. The molecule has 208 valence electrons. The van der Waals surface area contributed by atoms with E-state index < -0.39 is 0 Å². The van der Waals surface area contributed by atoms with Crippen LogP contribution in [0.2, 0.25) is 5.02 Å². The predicted octanol–water partition coefficient (Wildman–Crippen LogP) is 4.41. The average molecular weight is 554 g/mol. The summed E-state index contributed by atoms with van der Waals surface area (Å²) < 4.78 is 12.3. The fraction of sp³-hybridized carbons (Fsp3) is 0.586. The molecule has 2 N–H and O–H groups in total. The fourth-order valence-electron chi connectivity index (χ4n) is 5.79. The van der Waals surface area contributed by atoms with Crippen LogP contribution in [0.1, 0.15) is 80.3 Å². The normalized spacial score (nSPS) is 26.0. The van der Waals surface area contributed by atoms with Gasteiger partial charge in [0.1, 0.15) is 11.8 Å². The van der Waals surface area contributed by atoms with Crippen molar-refractivity contribution >= 4 is 23.3 Å². The minimum absolute atomic E-state index is 0.0463. The SMILES string of the molecule is N#Cc1ccc(OC2CCC(NC(=O)c3ccc(N4CCC(O[C@@H]5CCC[C@H](O)C5)CC4)nn3)CC2)cc1Cl. The van der Waals surface area contributed by atoms with E-state index in [9.17, 15) is 9.90 Å². The Morgan fingerprint density at radius 3 is 2.46 bits per heavy atom. The number of rotatable bonds is 7. The molecule has 10 heteroatoms. The van der Waals surface area contributed by atoms with Gasteiger partial charge in [-0.25, -0.2) is 0 Å². The van der Waals surface area contributed by atoms with E-state index in [1.807, 2.05) is 12.1 Å². The molecule has 1 amide bonds. The molecule has 0 unspecified atom stereocenters. The van der Waals surface area contributed by atoms with E-state index in [1.54, 1.807) is 24.3 Å². The number of nitriles is 1. The summed E-state index contributed by atoms with van der Waals surface area (Å²) >= 11 is 6.11. The van der Waals surface area contributed by atoms with Gasteiger partial charge >= 0.3 is 0 Å². The lowest BCUT2D eigenvalue weighted by Crippen LogP contribution is -2.41. The molecular formula is C29H36ClN5O4. The summed E-state index contributed by atoms with van der Waals surface area (Å²) in [5.41, 5.74) is 0.747. The highest BCUT2D eigenvalue weighted by Crippen LogP contribution is 2.28. The van der Waals surface area contributed by atoms with Gasteiger partial charge in [0.05, 0.1) is 35.0 Å². The van der Waals surface area contributed by atoms with Crippen LogP contribution in [0.3, 0.4) is 0 Å². The number of aliphatic hydroxyl groups excluding tert-OH is 1. The number of carbonyl (C=O) groups excluding carboxylic acids is 1. The van der Waals surface area contributed by atoms with Gasteiger partial charge in [0.25, 0.3) is 5.91 Å². The first kappa shape index (κ1) is 27.6. The number of piperidine rings is 1. The van der Waals surface area contributed by atoms with E-state index in [1.165, 1.54) is 0 Å². The smallest absolute Gasteiger partial charge is 0.272 e. The molecule has 1 aromatic heterocycles. The summed E-state index contributed by atoms with van der Waals surface area (Å²) in [5.74, 6) is 1.22. The number of hydrogen-bond donors (Lipinski definition) is 2. The zero-order valence-electron chi connectivity index (χ0n) is 22.1. The standard InChI is InChI=1S/C29H36ClN5O4/c30-26-17-25(7-4-19(26)18-31)38-22-8-5-20(6-9-22)32-29(37)27-10-11-28(34-33-27)35-14-12-23(13-15-35)39-24-3-1-2-21(36)16-24/h4,7,10-11,17,20-24,36H,1-3,5-6,8-9,12-16H2,(H,32,37)/t20?,21-,22?,24+/m0/s1. The maximum atomic E-state index is 12.8. The molecule has 2 atom stereocenters. The summed E-state index contributed by atoms with van der Waals surface area (Å²) in [6, 6.07) is 10.8. The Morgan fingerprint density at radius 2 is 1.79 bits per heavy atom. The van der Waals surface area contributed by atoms with Crippen LogP contribution in [0.4, 0.5) is 5.82 Å². The van der Waals surface area contributed by atoms with Crippen molar-refractivity contribution in [2.75, 3.05) is 18.0 Å². The molecule has 9 nitrogen and oxygen atoms in total. The number of benzene rings is 1. The van der Waals surface area contributed by atoms with E-state index in [-0.39, 0.29) is 36.4 Å². The number of amides is 1. The van der Waals surface area contributed by atoms with E-state index >= 15 is 0 Å². The average Bonchev–Trinajstić information content (AvgIpc) is 2.95. The number of aromatic nitrogens is 2. The van der Waals surface area contributed by atoms with Gasteiger partial charge in [0, 0.05) is 25.2 Å². The molecule has 5 rings (SSSR count). The summed E-state index contributed by atoms with van der Waals surface area (Å²) in [5, 5.41) is 30.9. The Morgan fingerprint density at radius 1 is 1.00 bits per heavy atom. The lowest BCUT2D eigenvalue weighted by atomic mass is 9.93. The number of aliphatic hydroxyl groups is 1. The Kier molecular flexibility index (Phi) is 9.17. The van der Waals surface area contributed by atoms with Crippen LogP contribution in [0.15, 0.2) is 30.3 Å². The highest BCUT2D eigenvalue weighted by atomic mass is 35.5. The van der Waals surface area contributed by atoms with E-state index in [0.717, 1.165) is 83.1 Å². The van der Waals surface area contributed by atoms with Crippen molar-refractivity contribution in [3.8, 4) is 11.8 Å². The maximum absolute atomic E-state index is 12.8. The second-order valence-electron chi connectivity index (χ2n) is 10.9. The molecule has 3 fully saturated rings. The van der Waals surface area contributed by atoms with Gasteiger partial charge in [-0.2, -0.15) is 5.26 Å². The number of hydrogen-bond acceptors (Lipinski definition) is 8. The quantitative estimate of drug-likeness (QED) is 0.517. The number of carbonyl (C=O) groups is 1. The molecule has 3 aliphatic rings. The largest absolute Gasteiger partial charge is 0.490 e. The van der Waals surface area contributed by atoms with Crippen molar-refractivity contribution in [2.24, 2.45) is 0 Å². The van der Waals surface area contributed by atoms with Gasteiger partial charge in [-0.15, -0.1) is 10.2 Å². The maximum Gasteiger partial charge on any atom is 0.272 e. The van der Waals surface area contributed by atoms with Crippen LogP contribution in [0.5, 0.6) is 5.75 Å². The monoisotopic (exact) mass is 553 g/mol. The van der Waals surface area contributed by atoms with Crippen LogP contribution in [0.25, 0.3) is 0 Å². The lowest BCUT2D eigenvalue weighted by Gasteiger charge is -2.36. The van der Waals surface area contributed by atoms with E-state index in [4.69, 9.17) is 26.3 Å². The molecule has 39 heavy (non-hydrogen) atoms. The first-order valence-corrected chi connectivity index (χ1v) is 14.4. The molecule has 1 aromatic carbocycles. The molecule has 2 saturated carbocycles. The lowest BCUT2D eigenvalue weighted by molar-refractivity contribution is -0.0636. The predicted molar refractivity (Wildman–Crippen MR) is 147 cm³/mol. The van der Waals surface area contributed by atoms with Gasteiger partial charge in [-0.3, -0.25) is 4.79 Å². The zero-order chi connectivity index (χ0) is 27.2. The Balaban J connectivity index is 1.04. The van der Waals surface area contributed by atoms with Crippen molar-refractivity contribution in [2.45, 2.75) is 94.7 Å². The molecule has 0 spiro atoms. The third-order valence-corrected chi connectivity index (χ3v) is 8.32. The van der Waals surface area contributed by atoms with Crippen LogP contribution in [-0.2, 0) is 4.74 Å². The highest BCUT2D eigenvalue weighted by Gasteiger charge is 2.28. The molecule has 0 radical (unpaired) electrons. The number of nitrogens with one attached hydrogen (secondary N) is 1. The van der Waals surface area contributed by atoms with Crippen molar-refractivity contribution in [3.63, 3.8) is 0 Å². The topological polar surface area (TPSA) is 121 Å². The van der Waals surface area contributed by atoms with E-state index in [2.05, 4.69) is 20.4 Å². The van der Waals surface area contributed by atoms with E-state index in [0.29, 0.717) is 22.0 Å². The number of ether oxygens (including phenoxy) is 2. The molecule has 2 heterocycles. The fourth-order valence-corrected chi connectivity index (χ4v) is 6.00. The van der Waals surface area contributed by atoms with Crippen LogP contribution in [-0.4, -0.2) is 64.8 Å². The van der Waals surface area contributed by atoms with Crippen LogP contribution >= 0.6 is 11.6 Å².